The molecule has 1 aromatic carbocycles. The van der Waals surface area contributed by atoms with Crippen LogP contribution in [0.5, 0.6) is 0 Å². The van der Waals surface area contributed by atoms with E-state index in [0.717, 1.165) is 4.57 Å². The number of hydrogen-bond acceptors (Lipinski definition) is 3. The number of alkyl halides is 3. The number of aromatic nitrogens is 2. The maximum atomic E-state index is 12.9. The van der Waals surface area contributed by atoms with Crippen molar-refractivity contribution in [2.45, 2.75) is 12.7 Å². The van der Waals surface area contributed by atoms with E-state index in [0.29, 0.717) is 6.07 Å². The van der Waals surface area contributed by atoms with E-state index in [1.54, 1.807) is 0 Å². The largest absolute Gasteiger partial charge is 0.433 e. The zero-order valence-corrected chi connectivity index (χ0v) is 14.1. The van der Waals surface area contributed by atoms with Crippen molar-refractivity contribution in [3.05, 3.63) is 62.0 Å². The van der Waals surface area contributed by atoms with Crippen LogP contribution in [0.15, 0.2) is 35.6 Å². The lowest BCUT2D eigenvalue weighted by atomic mass is 10.3. The normalized spacial score (nSPS) is 11.4. The number of nitrogens with zero attached hydrogens (tertiary/aromatic N) is 2. The molecular weight excluding hydrogens is 390 g/mol. The van der Waals surface area contributed by atoms with Crippen molar-refractivity contribution < 1.29 is 13.2 Å². The highest BCUT2D eigenvalue weighted by Gasteiger charge is 2.34. The summed E-state index contributed by atoms with van der Waals surface area (Å²) in [5.74, 6) is -0.352. The fraction of sp³-hybridized carbons (Fsp3) is 0.143. The van der Waals surface area contributed by atoms with Gasteiger partial charge in [-0.2, -0.15) is 13.2 Å². The van der Waals surface area contributed by atoms with Crippen molar-refractivity contribution in [1.82, 2.24) is 9.55 Å². The molecule has 128 valence electrons. The molecule has 0 aliphatic carbocycles. The zero-order valence-electron chi connectivity index (χ0n) is 11.8. The number of anilines is 2. The summed E-state index contributed by atoms with van der Waals surface area (Å²) in [5, 5.41) is 2.98. The van der Waals surface area contributed by atoms with Crippen molar-refractivity contribution in [1.29, 1.82) is 0 Å². The van der Waals surface area contributed by atoms with Crippen LogP contribution in [-0.4, -0.2) is 9.55 Å². The van der Waals surface area contributed by atoms with Gasteiger partial charge in [0.25, 0.3) is 5.56 Å². The summed E-state index contributed by atoms with van der Waals surface area (Å²) in [6.07, 6.45) is -3.43. The Kier molecular flexibility index (Phi) is 5.47. The van der Waals surface area contributed by atoms with Gasteiger partial charge in [-0.25, -0.2) is 4.98 Å². The molecule has 0 saturated heterocycles. The summed E-state index contributed by atoms with van der Waals surface area (Å²) in [6.45, 7) is 3.41. The Labute approximate surface area is 149 Å². The standard InChI is InChI=1S/C14H9Cl3F3N3O/c1-2-3-23-12(24)6-11(14(18,19)20)22-13(23)21-10-5-8(16)7(15)4-9(10)17/h2,4-6H,1,3H2,(H,21,22). The van der Waals surface area contributed by atoms with Gasteiger partial charge < -0.3 is 5.32 Å². The number of hydrogen-bond donors (Lipinski definition) is 1. The lowest BCUT2D eigenvalue weighted by molar-refractivity contribution is -0.141. The third-order valence-corrected chi connectivity index (χ3v) is 3.90. The van der Waals surface area contributed by atoms with Crippen LogP contribution < -0.4 is 10.9 Å². The highest BCUT2D eigenvalue weighted by molar-refractivity contribution is 6.44. The predicted molar refractivity (Wildman–Crippen MR) is 88.5 cm³/mol. The molecule has 2 rings (SSSR count). The summed E-state index contributed by atoms with van der Waals surface area (Å²) in [7, 11) is 0. The number of allylic oxidation sites excluding steroid dienone is 1. The quantitative estimate of drug-likeness (QED) is 0.572. The van der Waals surface area contributed by atoms with Crippen LogP contribution in [-0.2, 0) is 12.7 Å². The molecule has 0 aliphatic rings. The predicted octanol–water partition coefficient (Wildman–Crippen LogP) is 5.15. The van der Waals surface area contributed by atoms with E-state index < -0.39 is 17.4 Å². The fourth-order valence-corrected chi connectivity index (χ4v) is 2.39. The monoisotopic (exact) mass is 397 g/mol. The van der Waals surface area contributed by atoms with Crippen LogP contribution in [0, 0.1) is 0 Å². The molecule has 0 atom stereocenters. The van der Waals surface area contributed by atoms with E-state index in [4.69, 9.17) is 34.8 Å². The molecule has 0 fully saturated rings. The molecule has 0 radical (unpaired) electrons. The van der Waals surface area contributed by atoms with Crippen LogP contribution in [0.1, 0.15) is 5.69 Å². The molecule has 4 nitrogen and oxygen atoms in total. The summed E-state index contributed by atoms with van der Waals surface area (Å²) in [4.78, 5) is 15.4. The molecular formula is C14H9Cl3F3N3O. The second-order valence-corrected chi connectivity index (χ2v) is 5.79. The molecule has 1 aromatic heterocycles. The topological polar surface area (TPSA) is 46.9 Å². The van der Waals surface area contributed by atoms with Crippen LogP contribution >= 0.6 is 34.8 Å². The average Bonchev–Trinajstić information content (AvgIpc) is 2.47. The molecule has 10 heteroatoms. The van der Waals surface area contributed by atoms with Gasteiger partial charge in [-0.15, -0.1) is 6.58 Å². The van der Waals surface area contributed by atoms with Crippen LogP contribution in [0.25, 0.3) is 0 Å². The fourth-order valence-electron chi connectivity index (χ4n) is 1.79. The van der Waals surface area contributed by atoms with Gasteiger partial charge in [0.05, 0.1) is 20.8 Å². The van der Waals surface area contributed by atoms with E-state index in [1.165, 1.54) is 18.2 Å². The molecule has 0 unspecified atom stereocenters. The molecule has 1 heterocycles. The third-order valence-electron chi connectivity index (χ3n) is 2.87. The lowest BCUT2D eigenvalue weighted by Crippen LogP contribution is -2.26. The Balaban J connectivity index is 2.59. The smallest absolute Gasteiger partial charge is 0.324 e. The molecule has 1 N–H and O–H groups in total. The summed E-state index contributed by atoms with van der Waals surface area (Å²) < 4.78 is 39.6. The SMILES string of the molecule is C=CCn1c(Nc2cc(Cl)c(Cl)cc2Cl)nc(C(F)(F)F)cc1=O. The number of halogens is 6. The van der Waals surface area contributed by atoms with Gasteiger partial charge >= 0.3 is 6.18 Å². The minimum atomic E-state index is -4.77. The molecule has 0 saturated carbocycles. The van der Waals surface area contributed by atoms with Gasteiger partial charge in [-0.3, -0.25) is 9.36 Å². The first-order valence-corrected chi connectivity index (χ1v) is 7.48. The minimum Gasteiger partial charge on any atom is -0.324 e. The average molecular weight is 399 g/mol. The molecule has 0 bridgehead atoms. The Hall–Kier alpha value is -1.70. The van der Waals surface area contributed by atoms with E-state index >= 15 is 0 Å². The van der Waals surface area contributed by atoms with Gasteiger partial charge in [-0.05, 0) is 12.1 Å². The van der Waals surface area contributed by atoms with Crippen LogP contribution in [0.4, 0.5) is 24.8 Å². The summed E-state index contributed by atoms with van der Waals surface area (Å²) in [5.41, 5.74) is -2.07. The van der Waals surface area contributed by atoms with Gasteiger partial charge in [0.2, 0.25) is 5.95 Å². The first-order chi connectivity index (χ1) is 11.1. The third kappa shape index (κ3) is 4.03. The Morgan fingerprint density at radius 2 is 1.79 bits per heavy atom. The molecule has 0 aliphatic heterocycles. The number of nitrogens with one attached hydrogen (secondary N) is 1. The summed E-state index contributed by atoms with van der Waals surface area (Å²) >= 11 is 17.7. The first kappa shape index (κ1) is 18.6. The molecule has 0 amide bonds. The minimum absolute atomic E-state index is 0.0504. The molecule has 2 aromatic rings. The maximum absolute atomic E-state index is 12.9. The van der Waals surface area contributed by atoms with Gasteiger partial charge in [0, 0.05) is 12.6 Å². The van der Waals surface area contributed by atoms with Crippen molar-refractivity contribution in [2.24, 2.45) is 0 Å². The Morgan fingerprint density at radius 1 is 1.17 bits per heavy atom. The Bertz CT molecular complexity index is 850. The zero-order chi connectivity index (χ0) is 18.1. The van der Waals surface area contributed by atoms with Crippen molar-refractivity contribution in [3.63, 3.8) is 0 Å². The second kappa shape index (κ2) is 7.04. The van der Waals surface area contributed by atoms with Crippen molar-refractivity contribution in [2.75, 3.05) is 5.32 Å². The van der Waals surface area contributed by atoms with E-state index in [2.05, 4.69) is 16.9 Å². The van der Waals surface area contributed by atoms with Crippen molar-refractivity contribution in [3.8, 4) is 0 Å². The lowest BCUT2D eigenvalue weighted by Gasteiger charge is -2.16. The van der Waals surface area contributed by atoms with Gasteiger partial charge in [-0.1, -0.05) is 40.9 Å². The highest BCUT2D eigenvalue weighted by atomic mass is 35.5. The van der Waals surface area contributed by atoms with E-state index in [9.17, 15) is 18.0 Å². The second-order valence-electron chi connectivity index (χ2n) is 4.57. The number of benzene rings is 1. The highest BCUT2D eigenvalue weighted by Crippen LogP contribution is 2.34. The van der Waals surface area contributed by atoms with E-state index in [1.807, 2.05) is 0 Å². The Morgan fingerprint density at radius 3 is 2.38 bits per heavy atom. The first-order valence-electron chi connectivity index (χ1n) is 6.35. The van der Waals surface area contributed by atoms with Crippen molar-refractivity contribution >= 4 is 46.4 Å². The summed E-state index contributed by atoms with van der Waals surface area (Å²) in [6, 6.07) is 3.04. The van der Waals surface area contributed by atoms with Gasteiger partial charge in [0.15, 0.2) is 5.69 Å². The molecule has 24 heavy (non-hydrogen) atoms. The number of rotatable bonds is 4. The maximum Gasteiger partial charge on any atom is 0.433 e. The van der Waals surface area contributed by atoms with Gasteiger partial charge in [0.1, 0.15) is 0 Å². The van der Waals surface area contributed by atoms with Crippen LogP contribution in [0.2, 0.25) is 15.1 Å². The van der Waals surface area contributed by atoms with Crippen LogP contribution in [0.3, 0.4) is 0 Å². The molecule has 0 spiro atoms. The van der Waals surface area contributed by atoms with E-state index in [-0.39, 0.29) is 33.2 Å².